The fourth-order valence-corrected chi connectivity index (χ4v) is 5.09. The molecule has 1 saturated heterocycles. The van der Waals surface area contributed by atoms with E-state index in [0.717, 1.165) is 17.5 Å². The molecule has 7 nitrogen and oxygen atoms in total. The number of nitrogens with one attached hydrogen (secondary N) is 1. The van der Waals surface area contributed by atoms with Crippen LogP contribution in [0.15, 0.2) is 41.4 Å². The Labute approximate surface area is 172 Å². The molecule has 0 aliphatic carbocycles. The van der Waals surface area contributed by atoms with E-state index in [1.54, 1.807) is 6.92 Å². The second-order valence-electron chi connectivity index (χ2n) is 7.53. The number of hydrogen-bond donors (Lipinski definition) is 3. The third-order valence-electron chi connectivity index (χ3n) is 5.65. The van der Waals surface area contributed by atoms with Crippen molar-refractivity contribution in [1.29, 1.82) is 0 Å². The Hall–Kier alpha value is -2.58. The molecule has 0 bridgehead atoms. The molecule has 1 unspecified atom stereocenters. The Bertz CT molecular complexity index is 931. The number of fused-ring (bicyclic) bond motifs is 1. The van der Waals surface area contributed by atoms with Crippen molar-refractivity contribution in [3.8, 4) is 0 Å². The van der Waals surface area contributed by atoms with Gasteiger partial charge in [0.25, 0.3) is 0 Å². The average Bonchev–Trinajstić information content (AvgIpc) is 3.32. The molecule has 8 heteroatoms. The third kappa shape index (κ3) is 3.47. The zero-order valence-electron chi connectivity index (χ0n) is 15.9. The van der Waals surface area contributed by atoms with E-state index in [9.17, 15) is 24.6 Å². The highest BCUT2D eigenvalue weighted by atomic mass is 32.2. The van der Waals surface area contributed by atoms with E-state index in [1.807, 2.05) is 35.7 Å². The lowest BCUT2D eigenvalue weighted by atomic mass is 9.82. The third-order valence-corrected chi connectivity index (χ3v) is 6.74. The number of aliphatic carboxylic acids is 1. The van der Waals surface area contributed by atoms with E-state index >= 15 is 0 Å². The van der Waals surface area contributed by atoms with Crippen molar-refractivity contribution in [3.63, 3.8) is 0 Å². The Morgan fingerprint density at radius 3 is 2.83 bits per heavy atom. The lowest BCUT2D eigenvalue weighted by Gasteiger charge is -2.44. The van der Waals surface area contributed by atoms with Gasteiger partial charge in [0, 0.05) is 6.54 Å². The van der Waals surface area contributed by atoms with E-state index in [2.05, 4.69) is 5.32 Å². The minimum absolute atomic E-state index is 0.00786. The first-order valence-corrected chi connectivity index (χ1v) is 10.5. The molecule has 3 aliphatic heterocycles. The monoisotopic (exact) mass is 414 g/mol. The Balaban J connectivity index is 1.53. The summed E-state index contributed by atoms with van der Waals surface area (Å²) in [5, 5.41) is 24.3. The van der Waals surface area contributed by atoms with Crippen LogP contribution in [0.25, 0.3) is 5.57 Å². The fourth-order valence-electron chi connectivity index (χ4n) is 4.25. The molecule has 2 amide bonds. The number of rotatable bonds is 6. The number of β-lactam (4-membered cyclic amide) rings is 1. The SMILES string of the molecule is C[C@@H](O)[C@H]1C(=O)N2C(C(=O)O)=C(c3cccc(CNC(=O)C4CC=CS4)c3)C[C@H]12. The van der Waals surface area contributed by atoms with Crippen LogP contribution in [0.3, 0.4) is 0 Å². The minimum atomic E-state index is -1.15. The first kappa shape index (κ1) is 19.7. The number of amides is 2. The molecular weight excluding hydrogens is 392 g/mol. The Morgan fingerprint density at radius 2 is 2.17 bits per heavy atom. The van der Waals surface area contributed by atoms with Crippen molar-refractivity contribution < 1.29 is 24.6 Å². The van der Waals surface area contributed by atoms with E-state index in [-0.39, 0.29) is 28.8 Å². The maximum Gasteiger partial charge on any atom is 0.352 e. The molecule has 0 saturated carbocycles. The van der Waals surface area contributed by atoms with E-state index < -0.39 is 18.0 Å². The van der Waals surface area contributed by atoms with Gasteiger partial charge in [0.05, 0.1) is 23.3 Å². The second-order valence-corrected chi connectivity index (χ2v) is 8.64. The number of allylic oxidation sites excluding steroid dienone is 1. The topological polar surface area (TPSA) is 107 Å². The maximum atomic E-state index is 12.4. The van der Waals surface area contributed by atoms with Crippen molar-refractivity contribution in [2.24, 2.45) is 5.92 Å². The summed E-state index contributed by atoms with van der Waals surface area (Å²) >= 11 is 1.50. The molecule has 3 heterocycles. The van der Waals surface area contributed by atoms with Crippen LogP contribution in [0.2, 0.25) is 0 Å². The predicted octanol–water partition coefficient (Wildman–Crippen LogP) is 1.73. The normalized spacial score (nSPS) is 26.3. The van der Waals surface area contributed by atoms with Gasteiger partial charge in [0.15, 0.2) is 0 Å². The van der Waals surface area contributed by atoms with Crippen molar-refractivity contribution in [2.75, 3.05) is 0 Å². The summed E-state index contributed by atoms with van der Waals surface area (Å²) in [6.07, 6.45) is 2.27. The molecule has 4 rings (SSSR count). The van der Waals surface area contributed by atoms with Crippen molar-refractivity contribution in [2.45, 2.75) is 43.7 Å². The summed E-state index contributed by atoms with van der Waals surface area (Å²) in [5.41, 5.74) is 2.16. The van der Waals surface area contributed by atoms with Crippen molar-refractivity contribution in [3.05, 3.63) is 52.6 Å². The summed E-state index contributed by atoms with van der Waals surface area (Å²) in [5.74, 6) is -2.08. The molecule has 1 aromatic carbocycles. The minimum Gasteiger partial charge on any atom is -0.477 e. The van der Waals surface area contributed by atoms with Crippen LogP contribution in [0.4, 0.5) is 0 Å². The van der Waals surface area contributed by atoms with Crippen LogP contribution in [0.5, 0.6) is 0 Å². The van der Waals surface area contributed by atoms with Gasteiger partial charge >= 0.3 is 5.97 Å². The second kappa shape index (κ2) is 7.68. The number of carboxylic acid groups (broad SMARTS) is 1. The number of carboxylic acids is 1. The van der Waals surface area contributed by atoms with Crippen molar-refractivity contribution in [1.82, 2.24) is 10.2 Å². The van der Waals surface area contributed by atoms with Crippen LogP contribution in [0.1, 0.15) is 30.9 Å². The Kier molecular flexibility index (Phi) is 5.23. The van der Waals surface area contributed by atoms with Crippen LogP contribution < -0.4 is 5.32 Å². The number of aliphatic hydroxyl groups excluding tert-OH is 1. The van der Waals surface area contributed by atoms with Crippen LogP contribution in [-0.2, 0) is 20.9 Å². The average molecular weight is 414 g/mol. The molecule has 29 heavy (non-hydrogen) atoms. The highest BCUT2D eigenvalue weighted by Crippen LogP contribution is 2.46. The fraction of sp³-hybridized carbons (Fsp3) is 0.381. The molecule has 0 aromatic heterocycles. The number of thioether (sulfide) groups is 1. The van der Waals surface area contributed by atoms with Gasteiger partial charge < -0.3 is 20.4 Å². The number of carbonyl (C=O) groups excluding carboxylic acids is 2. The van der Waals surface area contributed by atoms with Gasteiger partial charge in [-0.25, -0.2) is 4.79 Å². The van der Waals surface area contributed by atoms with E-state index in [0.29, 0.717) is 18.5 Å². The van der Waals surface area contributed by atoms with Crippen LogP contribution in [-0.4, -0.2) is 50.3 Å². The number of benzene rings is 1. The lowest BCUT2D eigenvalue weighted by Crippen LogP contribution is -2.61. The Morgan fingerprint density at radius 1 is 1.38 bits per heavy atom. The van der Waals surface area contributed by atoms with Gasteiger partial charge in [-0.15, -0.1) is 11.8 Å². The van der Waals surface area contributed by atoms with Gasteiger partial charge in [-0.1, -0.05) is 24.3 Å². The summed E-state index contributed by atoms with van der Waals surface area (Å²) in [4.78, 5) is 37.7. The summed E-state index contributed by atoms with van der Waals surface area (Å²) in [7, 11) is 0. The standard InChI is InChI=1S/C21H22N2O5S/c1-11(24)17-15-9-14(18(21(27)28)23(15)20(17)26)13-5-2-4-12(8-13)10-22-19(25)16-6-3-7-29-16/h2-5,7-8,11,15-17,24H,6,9-10H2,1H3,(H,22,25)(H,27,28)/t11-,15-,16?,17-/m1/s1. The van der Waals surface area contributed by atoms with Crippen LogP contribution >= 0.6 is 11.8 Å². The molecule has 1 aromatic rings. The first-order valence-electron chi connectivity index (χ1n) is 9.53. The maximum absolute atomic E-state index is 12.4. The zero-order chi connectivity index (χ0) is 20.7. The van der Waals surface area contributed by atoms with Crippen molar-refractivity contribution >= 4 is 35.1 Å². The van der Waals surface area contributed by atoms with E-state index in [1.165, 1.54) is 16.7 Å². The first-order chi connectivity index (χ1) is 13.9. The molecule has 0 radical (unpaired) electrons. The lowest BCUT2D eigenvalue weighted by molar-refractivity contribution is -0.161. The molecule has 1 fully saturated rings. The number of aliphatic hydroxyl groups is 1. The predicted molar refractivity (Wildman–Crippen MR) is 108 cm³/mol. The number of carbonyl (C=O) groups is 3. The summed E-state index contributed by atoms with van der Waals surface area (Å²) in [6, 6.07) is 7.04. The number of hydrogen-bond acceptors (Lipinski definition) is 5. The molecule has 4 atom stereocenters. The van der Waals surface area contributed by atoms with Crippen LogP contribution in [0, 0.1) is 5.92 Å². The van der Waals surface area contributed by atoms with E-state index in [4.69, 9.17) is 0 Å². The van der Waals surface area contributed by atoms with Gasteiger partial charge in [-0.3, -0.25) is 9.59 Å². The smallest absolute Gasteiger partial charge is 0.352 e. The molecule has 3 N–H and O–H groups in total. The summed E-state index contributed by atoms with van der Waals surface area (Å²) < 4.78 is 0. The highest BCUT2D eigenvalue weighted by molar-refractivity contribution is 8.03. The van der Waals surface area contributed by atoms with Gasteiger partial charge in [0.2, 0.25) is 11.8 Å². The van der Waals surface area contributed by atoms with Gasteiger partial charge in [-0.2, -0.15) is 0 Å². The largest absolute Gasteiger partial charge is 0.477 e. The molecular formula is C21H22N2O5S. The molecule has 0 spiro atoms. The highest BCUT2D eigenvalue weighted by Gasteiger charge is 2.56. The quantitative estimate of drug-likeness (QED) is 0.612. The van der Waals surface area contributed by atoms with Gasteiger partial charge in [0.1, 0.15) is 5.70 Å². The summed E-state index contributed by atoms with van der Waals surface area (Å²) in [6.45, 7) is 1.90. The zero-order valence-corrected chi connectivity index (χ0v) is 16.7. The number of nitrogens with zero attached hydrogens (tertiary/aromatic N) is 1. The molecule has 3 aliphatic rings. The van der Waals surface area contributed by atoms with Gasteiger partial charge in [-0.05, 0) is 47.9 Å². The molecule has 152 valence electrons.